The van der Waals surface area contributed by atoms with Crippen LogP contribution in [0, 0.1) is 0 Å². The van der Waals surface area contributed by atoms with Gasteiger partial charge in [0.15, 0.2) is 0 Å². The molecule has 6 heteroatoms. The second-order valence-corrected chi connectivity index (χ2v) is 6.58. The highest BCUT2D eigenvalue weighted by Crippen LogP contribution is 2.18. The molecule has 1 aromatic carbocycles. The summed E-state index contributed by atoms with van der Waals surface area (Å²) in [4.78, 5) is 24.3. The number of carbonyl (C=O) groups is 2. The van der Waals surface area contributed by atoms with E-state index in [4.69, 9.17) is 0 Å². The minimum atomic E-state index is -0.840. The molecule has 1 aromatic rings. The molecule has 116 valence electrons. The summed E-state index contributed by atoms with van der Waals surface area (Å²) < 4.78 is 0. The van der Waals surface area contributed by atoms with Crippen molar-refractivity contribution in [3.63, 3.8) is 0 Å². The van der Waals surface area contributed by atoms with Crippen molar-refractivity contribution in [2.24, 2.45) is 0 Å². The molecule has 0 aliphatic heterocycles. The lowest BCUT2D eigenvalue weighted by Crippen LogP contribution is -2.48. The summed E-state index contributed by atoms with van der Waals surface area (Å²) in [7, 11) is 0. The van der Waals surface area contributed by atoms with Crippen LogP contribution in [0.4, 0.5) is 0 Å². The molecule has 1 unspecified atom stereocenters. The number of benzene rings is 1. The number of amides is 2. The van der Waals surface area contributed by atoms with Gasteiger partial charge in [-0.3, -0.25) is 9.59 Å². The van der Waals surface area contributed by atoms with Gasteiger partial charge in [-0.15, -0.1) is 11.8 Å². The normalized spacial score (nSPS) is 12.6. The zero-order chi connectivity index (χ0) is 16.0. The Bertz CT molecular complexity index is 495. The molecule has 0 fully saturated rings. The standard InChI is InChI=1S/C15H22N2O3S/c1-15(2,3)17-14(20)13(19)16-9-12(18)10-5-7-11(21-4)8-6-10/h5-8,12,18H,9H2,1-4H3,(H,16,19)(H,17,20). The number of thioether (sulfide) groups is 1. The van der Waals surface area contributed by atoms with Crippen LogP contribution in [0.3, 0.4) is 0 Å². The fourth-order valence-electron chi connectivity index (χ4n) is 1.61. The van der Waals surface area contributed by atoms with Gasteiger partial charge in [-0.05, 0) is 44.7 Å². The van der Waals surface area contributed by atoms with Crippen LogP contribution in [0.25, 0.3) is 0 Å². The maximum absolute atomic E-state index is 11.6. The van der Waals surface area contributed by atoms with Gasteiger partial charge in [0, 0.05) is 17.0 Å². The van der Waals surface area contributed by atoms with Crippen LogP contribution in [0.2, 0.25) is 0 Å². The summed E-state index contributed by atoms with van der Waals surface area (Å²) in [6.07, 6.45) is 1.13. The molecule has 1 rings (SSSR count). The number of aliphatic hydroxyl groups excluding tert-OH is 1. The Kier molecular flexibility index (Phi) is 6.23. The Labute approximate surface area is 129 Å². The molecule has 0 aliphatic rings. The van der Waals surface area contributed by atoms with Crippen LogP contribution in [0.5, 0.6) is 0 Å². The number of rotatable bonds is 4. The van der Waals surface area contributed by atoms with Crippen LogP contribution < -0.4 is 10.6 Å². The van der Waals surface area contributed by atoms with Crippen molar-refractivity contribution in [3.05, 3.63) is 29.8 Å². The third-order valence-corrected chi connectivity index (χ3v) is 3.39. The van der Waals surface area contributed by atoms with Gasteiger partial charge in [-0.2, -0.15) is 0 Å². The van der Waals surface area contributed by atoms with E-state index in [0.717, 1.165) is 4.90 Å². The van der Waals surface area contributed by atoms with Gasteiger partial charge in [0.25, 0.3) is 0 Å². The average Bonchev–Trinajstić information content (AvgIpc) is 2.42. The van der Waals surface area contributed by atoms with Gasteiger partial charge in [0.05, 0.1) is 6.10 Å². The molecular formula is C15H22N2O3S. The quantitative estimate of drug-likeness (QED) is 0.581. The Morgan fingerprint density at radius 2 is 1.76 bits per heavy atom. The highest BCUT2D eigenvalue weighted by molar-refractivity contribution is 7.98. The van der Waals surface area contributed by atoms with Crippen LogP contribution in [-0.2, 0) is 9.59 Å². The molecule has 0 heterocycles. The van der Waals surface area contributed by atoms with E-state index in [0.29, 0.717) is 5.56 Å². The van der Waals surface area contributed by atoms with E-state index < -0.39 is 23.5 Å². The van der Waals surface area contributed by atoms with Gasteiger partial charge in [-0.25, -0.2) is 0 Å². The monoisotopic (exact) mass is 310 g/mol. The van der Waals surface area contributed by atoms with E-state index in [9.17, 15) is 14.7 Å². The first kappa shape index (κ1) is 17.5. The van der Waals surface area contributed by atoms with Crippen molar-refractivity contribution in [3.8, 4) is 0 Å². The summed E-state index contributed by atoms with van der Waals surface area (Å²) >= 11 is 1.61. The van der Waals surface area contributed by atoms with Gasteiger partial charge >= 0.3 is 11.8 Å². The lowest BCUT2D eigenvalue weighted by molar-refractivity contribution is -0.140. The van der Waals surface area contributed by atoms with Crippen molar-refractivity contribution >= 4 is 23.6 Å². The fraction of sp³-hybridized carbons (Fsp3) is 0.467. The third kappa shape index (κ3) is 6.18. The smallest absolute Gasteiger partial charge is 0.309 e. The lowest BCUT2D eigenvalue weighted by atomic mass is 10.1. The van der Waals surface area contributed by atoms with Crippen LogP contribution in [0.15, 0.2) is 29.2 Å². The van der Waals surface area contributed by atoms with Gasteiger partial charge in [0.2, 0.25) is 0 Å². The molecule has 1 atom stereocenters. The van der Waals surface area contributed by atoms with E-state index in [1.807, 2.05) is 18.4 Å². The second kappa shape index (κ2) is 7.47. The maximum Gasteiger partial charge on any atom is 0.309 e. The van der Waals surface area contributed by atoms with Gasteiger partial charge in [-0.1, -0.05) is 12.1 Å². The average molecular weight is 310 g/mol. The number of nitrogens with one attached hydrogen (secondary N) is 2. The van der Waals surface area contributed by atoms with Crippen molar-refractivity contribution < 1.29 is 14.7 Å². The first-order valence-electron chi connectivity index (χ1n) is 6.65. The third-order valence-electron chi connectivity index (χ3n) is 2.65. The number of aliphatic hydroxyl groups is 1. The fourth-order valence-corrected chi connectivity index (χ4v) is 2.02. The minimum Gasteiger partial charge on any atom is -0.387 e. The molecule has 0 aliphatic carbocycles. The molecule has 2 amide bonds. The zero-order valence-corrected chi connectivity index (χ0v) is 13.6. The van der Waals surface area contributed by atoms with Crippen molar-refractivity contribution in [1.29, 1.82) is 0 Å². The molecule has 0 spiro atoms. The van der Waals surface area contributed by atoms with E-state index >= 15 is 0 Å². The lowest BCUT2D eigenvalue weighted by Gasteiger charge is -2.20. The van der Waals surface area contributed by atoms with E-state index in [1.54, 1.807) is 44.7 Å². The topological polar surface area (TPSA) is 78.4 Å². The summed E-state index contributed by atoms with van der Waals surface area (Å²) in [5, 5.41) is 15.0. The molecule has 0 saturated carbocycles. The molecular weight excluding hydrogens is 288 g/mol. The zero-order valence-electron chi connectivity index (χ0n) is 12.8. The summed E-state index contributed by atoms with van der Waals surface area (Å²) in [5.74, 6) is -1.45. The first-order chi connectivity index (χ1) is 9.73. The van der Waals surface area contributed by atoms with Crippen LogP contribution in [0.1, 0.15) is 32.4 Å². The molecule has 21 heavy (non-hydrogen) atoms. The van der Waals surface area contributed by atoms with Crippen LogP contribution in [-0.4, -0.2) is 35.3 Å². The molecule has 3 N–H and O–H groups in total. The SMILES string of the molecule is CSc1ccc(C(O)CNC(=O)C(=O)NC(C)(C)C)cc1. The van der Waals surface area contributed by atoms with E-state index in [-0.39, 0.29) is 6.54 Å². The van der Waals surface area contributed by atoms with Crippen LogP contribution >= 0.6 is 11.8 Å². The molecule has 0 saturated heterocycles. The summed E-state index contributed by atoms with van der Waals surface area (Å²) in [5.41, 5.74) is 0.227. The second-order valence-electron chi connectivity index (χ2n) is 5.70. The Balaban J connectivity index is 2.50. The maximum atomic E-state index is 11.6. The minimum absolute atomic E-state index is 0.00495. The molecule has 0 radical (unpaired) electrons. The van der Waals surface area contributed by atoms with Crippen molar-refractivity contribution in [2.75, 3.05) is 12.8 Å². The number of hydrogen-bond donors (Lipinski definition) is 3. The van der Waals surface area contributed by atoms with Crippen molar-refractivity contribution in [2.45, 2.75) is 37.3 Å². The van der Waals surface area contributed by atoms with E-state index in [1.165, 1.54) is 0 Å². The number of hydrogen-bond acceptors (Lipinski definition) is 4. The van der Waals surface area contributed by atoms with E-state index in [2.05, 4.69) is 10.6 Å². The predicted octanol–water partition coefficient (Wildman–Crippen LogP) is 1.47. The molecule has 5 nitrogen and oxygen atoms in total. The Morgan fingerprint density at radius 3 is 2.24 bits per heavy atom. The predicted molar refractivity (Wildman–Crippen MR) is 84.1 cm³/mol. The van der Waals surface area contributed by atoms with Gasteiger partial charge < -0.3 is 15.7 Å². The highest BCUT2D eigenvalue weighted by Gasteiger charge is 2.20. The van der Waals surface area contributed by atoms with Crippen molar-refractivity contribution in [1.82, 2.24) is 10.6 Å². The Hall–Kier alpha value is -1.53. The molecule has 0 bridgehead atoms. The first-order valence-corrected chi connectivity index (χ1v) is 7.88. The number of carbonyl (C=O) groups excluding carboxylic acids is 2. The largest absolute Gasteiger partial charge is 0.387 e. The van der Waals surface area contributed by atoms with Gasteiger partial charge in [0.1, 0.15) is 0 Å². The summed E-state index contributed by atoms with van der Waals surface area (Å²) in [6, 6.07) is 7.41. The highest BCUT2D eigenvalue weighted by atomic mass is 32.2. The summed E-state index contributed by atoms with van der Waals surface area (Å²) in [6.45, 7) is 5.37. The molecule has 0 aromatic heterocycles. The Morgan fingerprint density at radius 1 is 1.19 bits per heavy atom.